The van der Waals surface area contributed by atoms with Crippen molar-refractivity contribution in [2.24, 2.45) is 0 Å². The molecule has 2 atom stereocenters. The number of halogens is 1. The summed E-state index contributed by atoms with van der Waals surface area (Å²) < 4.78 is 25.7. The zero-order chi connectivity index (χ0) is 14.5. The quantitative estimate of drug-likeness (QED) is 0.900. The molecule has 3 nitrogen and oxygen atoms in total. The summed E-state index contributed by atoms with van der Waals surface area (Å²) in [5, 5.41) is 3.41. The third-order valence-corrected chi connectivity index (χ3v) is 3.62. The maximum atomic E-state index is 14.4. The Bertz CT molecular complexity index is 421. The van der Waals surface area contributed by atoms with Crippen LogP contribution in [0.4, 0.5) is 4.39 Å². The van der Waals surface area contributed by atoms with Crippen LogP contribution in [0.15, 0.2) is 12.1 Å². The summed E-state index contributed by atoms with van der Waals surface area (Å²) in [5.74, 6) is -0.162. The average molecular weight is 281 g/mol. The Labute approximate surface area is 120 Å². The molecule has 2 unspecified atom stereocenters. The smallest absolute Gasteiger partial charge is 0.128 e. The molecule has 0 spiro atoms. The minimum Gasteiger partial charge on any atom is -0.376 e. The summed E-state index contributed by atoms with van der Waals surface area (Å²) >= 11 is 0. The predicted molar refractivity (Wildman–Crippen MR) is 77.5 cm³/mol. The van der Waals surface area contributed by atoms with Gasteiger partial charge in [-0.15, -0.1) is 0 Å². The highest BCUT2D eigenvalue weighted by Crippen LogP contribution is 2.28. The molecule has 1 fully saturated rings. The largest absolute Gasteiger partial charge is 0.376 e. The molecule has 0 saturated carbocycles. The summed E-state index contributed by atoms with van der Waals surface area (Å²) in [7, 11) is 0. The number of aryl methyl sites for hydroxylation is 2. The number of hydrogen-bond acceptors (Lipinski definition) is 3. The Hall–Kier alpha value is -0.970. The van der Waals surface area contributed by atoms with Crippen molar-refractivity contribution in [3.63, 3.8) is 0 Å². The minimum absolute atomic E-state index is 0.133. The van der Waals surface area contributed by atoms with Crippen LogP contribution in [0.25, 0.3) is 0 Å². The molecule has 0 bridgehead atoms. The number of benzene rings is 1. The van der Waals surface area contributed by atoms with Crippen LogP contribution in [-0.2, 0) is 9.47 Å². The van der Waals surface area contributed by atoms with Crippen molar-refractivity contribution >= 4 is 0 Å². The van der Waals surface area contributed by atoms with E-state index in [0.29, 0.717) is 25.4 Å². The Morgan fingerprint density at radius 1 is 1.35 bits per heavy atom. The van der Waals surface area contributed by atoms with Gasteiger partial charge in [0.1, 0.15) is 11.9 Å². The van der Waals surface area contributed by atoms with Crippen molar-refractivity contribution in [2.75, 3.05) is 26.4 Å². The molecule has 20 heavy (non-hydrogen) atoms. The number of nitrogens with one attached hydrogen (secondary N) is 1. The van der Waals surface area contributed by atoms with Crippen LogP contribution in [0.2, 0.25) is 0 Å². The number of ether oxygens (including phenoxy) is 2. The van der Waals surface area contributed by atoms with Crippen LogP contribution in [-0.4, -0.2) is 32.5 Å². The van der Waals surface area contributed by atoms with Gasteiger partial charge in [0.15, 0.2) is 0 Å². The van der Waals surface area contributed by atoms with E-state index in [1.165, 1.54) is 0 Å². The molecule has 2 rings (SSSR count). The van der Waals surface area contributed by atoms with Crippen molar-refractivity contribution in [2.45, 2.75) is 39.3 Å². The molecule has 0 radical (unpaired) electrons. The molecule has 4 heteroatoms. The Kier molecular flexibility index (Phi) is 5.52. The van der Waals surface area contributed by atoms with E-state index in [2.05, 4.69) is 12.2 Å². The first kappa shape index (κ1) is 15.4. The summed E-state index contributed by atoms with van der Waals surface area (Å²) in [6.45, 7) is 8.49. The van der Waals surface area contributed by atoms with Crippen LogP contribution in [0.3, 0.4) is 0 Å². The second-order valence-electron chi connectivity index (χ2n) is 5.39. The lowest BCUT2D eigenvalue weighted by atomic mass is 9.94. The standard InChI is InChI=1S/C16H24FNO2/c1-4-5-18-16(14-10-19-6-7-20-14)15-12(3)8-11(2)9-13(15)17/h8-9,14,16,18H,4-7,10H2,1-3H3. The molecule has 112 valence electrons. The summed E-state index contributed by atoms with van der Waals surface area (Å²) in [6, 6.07) is 3.45. The molecule has 1 N–H and O–H groups in total. The monoisotopic (exact) mass is 281 g/mol. The normalized spacial score (nSPS) is 20.9. The molecular weight excluding hydrogens is 257 g/mol. The van der Waals surface area contributed by atoms with Crippen molar-refractivity contribution < 1.29 is 13.9 Å². The first-order chi connectivity index (χ1) is 9.63. The lowest BCUT2D eigenvalue weighted by molar-refractivity contribution is -0.102. The average Bonchev–Trinajstić information content (AvgIpc) is 2.42. The fourth-order valence-corrected chi connectivity index (χ4v) is 2.74. The Morgan fingerprint density at radius 3 is 2.75 bits per heavy atom. The highest BCUT2D eigenvalue weighted by atomic mass is 19.1. The van der Waals surface area contributed by atoms with Gasteiger partial charge >= 0.3 is 0 Å². The van der Waals surface area contributed by atoms with Gasteiger partial charge in [-0.25, -0.2) is 4.39 Å². The van der Waals surface area contributed by atoms with E-state index in [4.69, 9.17) is 9.47 Å². The summed E-state index contributed by atoms with van der Waals surface area (Å²) in [4.78, 5) is 0. The van der Waals surface area contributed by atoms with Gasteiger partial charge in [0, 0.05) is 5.56 Å². The molecule has 1 aliphatic heterocycles. The molecule has 1 heterocycles. The van der Waals surface area contributed by atoms with Gasteiger partial charge in [-0.1, -0.05) is 13.0 Å². The predicted octanol–water partition coefficient (Wildman–Crippen LogP) is 2.90. The Balaban J connectivity index is 2.29. The lowest BCUT2D eigenvalue weighted by Crippen LogP contribution is -2.41. The van der Waals surface area contributed by atoms with Crippen molar-refractivity contribution in [1.29, 1.82) is 0 Å². The van der Waals surface area contributed by atoms with Crippen molar-refractivity contribution in [3.8, 4) is 0 Å². The SMILES string of the molecule is CCCNC(c1c(C)cc(C)cc1F)C1COCCO1. The maximum Gasteiger partial charge on any atom is 0.128 e. The maximum absolute atomic E-state index is 14.4. The Morgan fingerprint density at radius 2 is 2.15 bits per heavy atom. The molecule has 1 saturated heterocycles. The van der Waals surface area contributed by atoms with Crippen LogP contribution in [0, 0.1) is 19.7 Å². The molecule has 1 aliphatic rings. The van der Waals surface area contributed by atoms with E-state index >= 15 is 0 Å². The van der Waals surface area contributed by atoms with E-state index in [1.54, 1.807) is 6.07 Å². The van der Waals surface area contributed by atoms with Gasteiger partial charge in [-0.2, -0.15) is 0 Å². The lowest BCUT2D eigenvalue weighted by Gasteiger charge is -2.32. The topological polar surface area (TPSA) is 30.5 Å². The van der Waals surface area contributed by atoms with Crippen molar-refractivity contribution in [1.82, 2.24) is 5.32 Å². The van der Waals surface area contributed by atoms with E-state index in [9.17, 15) is 4.39 Å². The van der Waals surface area contributed by atoms with Gasteiger partial charge in [0.25, 0.3) is 0 Å². The third-order valence-electron chi connectivity index (χ3n) is 3.62. The van der Waals surface area contributed by atoms with Crippen molar-refractivity contribution in [3.05, 3.63) is 34.6 Å². The zero-order valence-corrected chi connectivity index (χ0v) is 12.5. The fourth-order valence-electron chi connectivity index (χ4n) is 2.74. The third kappa shape index (κ3) is 3.57. The van der Waals surface area contributed by atoms with Gasteiger partial charge < -0.3 is 14.8 Å². The summed E-state index contributed by atoms with van der Waals surface area (Å²) in [6.07, 6.45) is 0.863. The van der Waals surface area contributed by atoms with Crippen LogP contribution >= 0.6 is 0 Å². The number of rotatable bonds is 5. The van der Waals surface area contributed by atoms with Crippen LogP contribution in [0.1, 0.15) is 36.1 Å². The first-order valence-electron chi connectivity index (χ1n) is 7.33. The van der Waals surface area contributed by atoms with Crippen LogP contribution < -0.4 is 5.32 Å². The second kappa shape index (κ2) is 7.16. The van der Waals surface area contributed by atoms with Gasteiger partial charge in [0.2, 0.25) is 0 Å². The van der Waals surface area contributed by atoms with Gasteiger partial charge in [-0.3, -0.25) is 0 Å². The van der Waals surface area contributed by atoms with Crippen LogP contribution in [0.5, 0.6) is 0 Å². The molecule has 0 amide bonds. The summed E-state index contributed by atoms with van der Waals surface area (Å²) in [5.41, 5.74) is 2.61. The second-order valence-corrected chi connectivity index (χ2v) is 5.39. The van der Waals surface area contributed by atoms with E-state index in [0.717, 1.165) is 24.1 Å². The molecule has 0 aliphatic carbocycles. The number of hydrogen-bond donors (Lipinski definition) is 1. The van der Waals surface area contributed by atoms with Gasteiger partial charge in [-0.05, 0) is 44.0 Å². The van der Waals surface area contributed by atoms with Gasteiger partial charge in [0.05, 0.1) is 25.9 Å². The molecule has 1 aromatic carbocycles. The molecule has 0 aromatic heterocycles. The van der Waals surface area contributed by atoms with E-state index in [1.807, 2.05) is 19.9 Å². The first-order valence-corrected chi connectivity index (χ1v) is 7.33. The molecule has 1 aromatic rings. The minimum atomic E-state index is -0.162. The molecular formula is C16H24FNO2. The zero-order valence-electron chi connectivity index (χ0n) is 12.5. The van der Waals surface area contributed by atoms with E-state index < -0.39 is 0 Å². The highest BCUT2D eigenvalue weighted by molar-refractivity contribution is 5.35. The highest BCUT2D eigenvalue weighted by Gasteiger charge is 2.29. The fraction of sp³-hybridized carbons (Fsp3) is 0.625. The van der Waals surface area contributed by atoms with E-state index in [-0.39, 0.29) is 18.0 Å².